The van der Waals surface area contributed by atoms with Gasteiger partial charge in [0.15, 0.2) is 0 Å². The van der Waals surface area contributed by atoms with Crippen molar-refractivity contribution < 1.29 is 14.5 Å². The largest absolute Gasteiger partial charge is 0.352 e. The van der Waals surface area contributed by atoms with E-state index in [1.54, 1.807) is 24.0 Å². The highest BCUT2D eigenvalue weighted by Crippen LogP contribution is 2.19. The monoisotopic (exact) mass is 521 g/mol. The minimum Gasteiger partial charge on any atom is -0.352 e. The molecule has 2 aromatic carbocycles. The van der Waals surface area contributed by atoms with Crippen molar-refractivity contribution in [3.05, 3.63) is 74.2 Å². The smallest absolute Gasteiger partial charge is 0.269 e. The Morgan fingerprint density at radius 2 is 1.84 bits per heavy atom. The number of carbonyl (C=O) groups excluding carboxylic acids is 2. The van der Waals surface area contributed by atoms with Gasteiger partial charge in [-0.1, -0.05) is 47.1 Å². The molecule has 2 aromatic rings. The lowest BCUT2D eigenvalue weighted by molar-refractivity contribution is -0.384. The van der Waals surface area contributed by atoms with Crippen molar-refractivity contribution in [1.82, 2.24) is 10.2 Å². The fourth-order valence-corrected chi connectivity index (χ4v) is 4.25. The quantitative estimate of drug-likeness (QED) is 0.334. The van der Waals surface area contributed by atoms with Crippen molar-refractivity contribution in [3.8, 4) is 0 Å². The van der Waals surface area contributed by atoms with E-state index in [1.807, 2.05) is 38.1 Å². The average molecular weight is 522 g/mol. The van der Waals surface area contributed by atoms with Crippen molar-refractivity contribution in [1.29, 1.82) is 0 Å². The molecule has 0 radical (unpaired) electrons. The lowest BCUT2D eigenvalue weighted by Gasteiger charge is -2.29. The van der Waals surface area contributed by atoms with E-state index in [2.05, 4.69) is 21.2 Å². The van der Waals surface area contributed by atoms with Gasteiger partial charge in [0.2, 0.25) is 11.8 Å². The Morgan fingerprint density at radius 3 is 2.44 bits per heavy atom. The second-order valence-corrected chi connectivity index (χ2v) is 9.46. The number of hydrogen-bond donors (Lipinski definition) is 1. The van der Waals surface area contributed by atoms with Gasteiger partial charge in [0.25, 0.3) is 5.69 Å². The number of thioether (sulfide) groups is 1. The predicted octanol–water partition coefficient (Wildman–Crippen LogP) is 4.92. The van der Waals surface area contributed by atoms with E-state index in [0.717, 1.165) is 22.0 Å². The van der Waals surface area contributed by atoms with Crippen LogP contribution in [0.1, 0.15) is 38.3 Å². The van der Waals surface area contributed by atoms with Gasteiger partial charge in [-0.05, 0) is 43.5 Å². The number of hydrogen-bond acceptors (Lipinski definition) is 5. The molecule has 0 bridgehead atoms. The number of nitrogens with one attached hydrogen (secondary N) is 1. The zero-order chi connectivity index (χ0) is 23.7. The molecule has 9 heteroatoms. The van der Waals surface area contributed by atoms with Crippen LogP contribution in [0.3, 0.4) is 0 Å². The summed E-state index contributed by atoms with van der Waals surface area (Å²) in [5, 5.41) is 13.7. The van der Waals surface area contributed by atoms with Crippen LogP contribution >= 0.6 is 27.7 Å². The summed E-state index contributed by atoms with van der Waals surface area (Å²) in [5.74, 6) is 0.431. The minimum atomic E-state index is -0.615. The molecule has 172 valence electrons. The third kappa shape index (κ3) is 7.94. The van der Waals surface area contributed by atoms with E-state index in [1.165, 1.54) is 23.9 Å². The zero-order valence-electron chi connectivity index (χ0n) is 18.4. The molecule has 0 aliphatic heterocycles. The maximum absolute atomic E-state index is 13.1. The lowest BCUT2D eigenvalue weighted by Crippen LogP contribution is -2.50. The van der Waals surface area contributed by atoms with Gasteiger partial charge in [-0.25, -0.2) is 0 Å². The number of halogens is 1. The van der Waals surface area contributed by atoms with Gasteiger partial charge in [0, 0.05) is 34.9 Å². The summed E-state index contributed by atoms with van der Waals surface area (Å²) < 4.78 is 0.909. The summed E-state index contributed by atoms with van der Waals surface area (Å²) in [7, 11) is 0. The predicted molar refractivity (Wildman–Crippen MR) is 131 cm³/mol. The van der Waals surface area contributed by atoms with Crippen molar-refractivity contribution >= 4 is 45.2 Å². The molecule has 0 aromatic heterocycles. The third-order valence-electron chi connectivity index (χ3n) is 5.05. The zero-order valence-corrected chi connectivity index (χ0v) is 20.8. The van der Waals surface area contributed by atoms with Crippen molar-refractivity contribution in [2.45, 2.75) is 51.6 Å². The number of nitro groups is 1. The van der Waals surface area contributed by atoms with Crippen LogP contribution in [0.15, 0.2) is 53.0 Å². The molecule has 0 fully saturated rings. The summed E-state index contributed by atoms with van der Waals surface area (Å²) in [6, 6.07) is 13.4. The average Bonchev–Trinajstić information content (AvgIpc) is 2.77. The highest BCUT2D eigenvalue weighted by Gasteiger charge is 2.26. The van der Waals surface area contributed by atoms with Crippen LogP contribution in [0.5, 0.6) is 0 Å². The van der Waals surface area contributed by atoms with Crippen LogP contribution in [-0.2, 0) is 21.9 Å². The maximum atomic E-state index is 13.1. The number of carbonyl (C=O) groups is 2. The highest BCUT2D eigenvalue weighted by atomic mass is 79.9. The summed E-state index contributed by atoms with van der Waals surface area (Å²) in [5.41, 5.74) is 1.86. The maximum Gasteiger partial charge on any atom is 0.269 e. The van der Waals surface area contributed by atoms with E-state index in [-0.39, 0.29) is 29.3 Å². The number of non-ortho nitro benzene ring substituents is 1. The van der Waals surface area contributed by atoms with E-state index in [9.17, 15) is 19.7 Å². The fraction of sp³-hybridized carbons (Fsp3) is 0.391. The first-order valence-corrected chi connectivity index (χ1v) is 12.3. The molecule has 0 saturated heterocycles. The molecule has 0 saturated carbocycles. The van der Waals surface area contributed by atoms with Gasteiger partial charge >= 0.3 is 0 Å². The number of rotatable bonds is 11. The lowest BCUT2D eigenvalue weighted by atomic mass is 10.1. The first kappa shape index (κ1) is 25.9. The van der Waals surface area contributed by atoms with Crippen LogP contribution < -0.4 is 5.32 Å². The van der Waals surface area contributed by atoms with Gasteiger partial charge in [-0.15, -0.1) is 11.8 Å². The second kappa shape index (κ2) is 12.6. The van der Waals surface area contributed by atoms with Gasteiger partial charge in [-0.2, -0.15) is 0 Å². The number of benzene rings is 2. The Balaban J connectivity index is 2.06. The van der Waals surface area contributed by atoms with Crippen LogP contribution in [0.2, 0.25) is 0 Å². The molecule has 0 aliphatic carbocycles. The normalized spacial score (nSPS) is 12.6. The van der Waals surface area contributed by atoms with Gasteiger partial charge in [-0.3, -0.25) is 19.7 Å². The molecule has 0 heterocycles. The topological polar surface area (TPSA) is 92.6 Å². The molecule has 0 spiro atoms. The van der Waals surface area contributed by atoms with Crippen LogP contribution in [-0.4, -0.2) is 39.5 Å². The molecule has 0 aliphatic rings. The number of amides is 2. The standard InChI is InChI=1S/C23H28BrN3O4S/c1-4-16(2)25-23(29)17(3)26(13-19-6-5-7-20(24)12-19)22(28)15-32-14-18-8-10-21(11-9-18)27(30)31/h5-12,16-17H,4,13-15H2,1-3H3,(H,25,29)/t16-,17+/m0/s1. The van der Waals surface area contributed by atoms with Crippen LogP contribution in [0.25, 0.3) is 0 Å². The Bertz CT molecular complexity index is 939. The Morgan fingerprint density at radius 1 is 1.16 bits per heavy atom. The molecule has 7 nitrogen and oxygen atoms in total. The fourth-order valence-electron chi connectivity index (χ4n) is 2.93. The number of nitrogens with zero attached hydrogens (tertiary/aromatic N) is 2. The summed E-state index contributed by atoms with van der Waals surface area (Å²) in [4.78, 5) is 37.8. The van der Waals surface area contributed by atoms with Crippen molar-refractivity contribution in [2.75, 3.05) is 5.75 Å². The summed E-state index contributed by atoms with van der Waals surface area (Å²) in [6.45, 7) is 6.00. The molecule has 0 unspecified atom stereocenters. The molecule has 1 N–H and O–H groups in total. The van der Waals surface area contributed by atoms with Crippen molar-refractivity contribution in [3.63, 3.8) is 0 Å². The molecule has 2 atom stereocenters. The van der Waals surface area contributed by atoms with Crippen molar-refractivity contribution in [2.24, 2.45) is 0 Å². The SMILES string of the molecule is CC[C@H](C)NC(=O)[C@@H](C)N(Cc1cccc(Br)c1)C(=O)CSCc1ccc([N+](=O)[O-])cc1. The summed E-state index contributed by atoms with van der Waals surface area (Å²) >= 11 is 4.87. The van der Waals surface area contributed by atoms with Crippen LogP contribution in [0.4, 0.5) is 5.69 Å². The van der Waals surface area contributed by atoms with E-state index < -0.39 is 11.0 Å². The first-order chi connectivity index (χ1) is 15.2. The molecular weight excluding hydrogens is 494 g/mol. The third-order valence-corrected chi connectivity index (χ3v) is 6.53. The molecule has 2 amide bonds. The molecule has 32 heavy (non-hydrogen) atoms. The molecular formula is C23H28BrN3O4S. The minimum absolute atomic E-state index is 0.0317. The van der Waals surface area contributed by atoms with Gasteiger partial charge in [0.05, 0.1) is 10.7 Å². The van der Waals surface area contributed by atoms with E-state index >= 15 is 0 Å². The summed E-state index contributed by atoms with van der Waals surface area (Å²) in [6.07, 6.45) is 0.809. The van der Waals surface area contributed by atoms with Gasteiger partial charge < -0.3 is 10.2 Å². The van der Waals surface area contributed by atoms with Gasteiger partial charge in [0.1, 0.15) is 6.04 Å². The van der Waals surface area contributed by atoms with E-state index in [4.69, 9.17) is 0 Å². The van der Waals surface area contributed by atoms with Crippen LogP contribution in [0, 0.1) is 10.1 Å². The second-order valence-electron chi connectivity index (χ2n) is 7.56. The first-order valence-electron chi connectivity index (χ1n) is 10.4. The highest BCUT2D eigenvalue weighted by molar-refractivity contribution is 9.10. The Kier molecular flexibility index (Phi) is 10.2. The Hall–Kier alpha value is -2.39. The number of nitro benzene ring substituents is 1. The molecule has 2 rings (SSSR count). The Labute approximate surface area is 201 Å². The van der Waals surface area contributed by atoms with E-state index in [0.29, 0.717) is 12.3 Å².